The van der Waals surface area contributed by atoms with Crippen molar-refractivity contribution in [2.75, 3.05) is 24.3 Å². The molecule has 3 nitrogen and oxygen atoms in total. The number of carbonyl (C=O) groups is 1. The summed E-state index contributed by atoms with van der Waals surface area (Å²) < 4.78 is 0. The van der Waals surface area contributed by atoms with E-state index < -0.39 is 0 Å². The van der Waals surface area contributed by atoms with E-state index in [4.69, 9.17) is 0 Å². The van der Waals surface area contributed by atoms with Gasteiger partial charge in [-0.05, 0) is 23.8 Å². The summed E-state index contributed by atoms with van der Waals surface area (Å²) in [6.45, 7) is 0. The van der Waals surface area contributed by atoms with Crippen LogP contribution in [0.2, 0.25) is 0 Å². The van der Waals surface area contributed by atoms with E-state index in [0.29, 0.717) is 6.42 Å². The molecule has 0 aliphatic heterocycles. The SMILES string of the molecule is CN(C)c1ccccc1CC(=O)Nc1ccccc1. The largest absolute Gasteiger partial charge is 0.377 e. The van der Waals surface area contributed by atoms with Gasteiger partial charge >= 0.3 is 0 Å². The van der Waals surface area contributed by atoms with Crippen molar-refractivity contribution in [3.8, 4) is 0 Å². The number of anilines is 2. The first kappa shape index (κ1) is 13.1. The van der Waals surface area contributed by atoms with E-state index in [1.54, 1.807) is 0 Å². The molecule has 1 N–H and O–H groups in total. The molecule has 19 heavy (non-hydrogen) atoms. The summed E-state index contributed by atoms with van der Waals surface area (Å²) >= 11 is 0. The second-order valence-electron chi connectivity index (χ2n) is 4.61. The summed E-state index contributed by atoms with van der Waals surface area (Å²) in [5.41, 5.74) is 2.93. The highest BCUT2D eigenvalue weighted by Gasteiger charge is 2.08. The van der Waals surface area contributed by atoms with Crippen molar-refractivity contribution in [1.29, 1.82) is 0 Å². The molecule has 0 saturated heterocycles. The van der Waals surface area contributed by atoms with Crippen LogP contribution in [0, 0.1) is 0 Å². The molecule has 2 aromatic rings. The van der Waals surface area contributed by atoms with Gasteiger partial charge in [-0.25, -0.2) is 0 Å². The molecule has 0 unspecified atom stereocenters. The number of rotatable bonds is 4. The summed E-state index contributed by atoms with van der Waals surface area (Å²) in [7, 11) is 3.96. The van der Waals surface area contributed by atoms with Crippen molar-refractivity contribution in [3.63, 3.8) is 0 Å². The van der Waals surface area contributed by atoms with Crippen LogP contribution in [-0.2, 0) is 11.2 Å². The van der Waals surface area contributed by atoms with E-state index in [0.717, 1.165) is 16.9 Å². The molecule has 0 atom stereocenters. The molecular formula is C16H18N2O. The van der Waals surface area contributed by atoms with Crippen LogP contribution in [-0.4, -0.2) is 20.0 Å². The van der Waals surface area contributed by atoms with Gasteiger partial charge in [0.1, 0.15) is 0 Å². The average molecular weight is 254 g/mol. The monoisotopic (exact) mass is 254 g/mol. The summed E-state index contributed by atoms with van der Waals surface area (Å²) in [4.78, 5) is 14.0. The van der Waals surface area contributed by atoms with E-state index in [1.165, 1.54) is 0 Å². The Balaban J connectivity index is 2.07. The Morgan fingerprint density at radius 3 is 2.32 bits per heavy atom. The third-order valence-corrected chi connectivity index (χ3v) is 2.88. The van der Waals surface area contributed by atoms with Gasteiger partial charge in [0.05, 0.1) is 6.42 Å². The van der Waals surface area contributed by atoms with E-state index in [2.05, 4.69) is 5.32 Å². The predicted molar refractivity (Wildman–Crippen MR) is 79.5 cm³/mol. The second-order valence-corrected chi connectivity index (χ2v) is 4.61. The summed E-state index contributed by atoms with van der Waals surface area (Å²) in [5.74, 6) is 0.000463. The lowest BCUT2D eigenvalue weighted by Crippen LogP contribution is -2.17. The Labute approximate surface area is 113 Å². The zero-order valence-electron chi connectivity index (χ0n) is 11.3. The van der Waals surface area contributed by atoms with Crippen molar-refractivity contribution in [2.45, 2.75) is 6.42 Å². The number of para-hydroxylation sites is 2. The van der Waals surface area contributed by atoms with E-state index in [9.17, 15) is 4.79 Å². The standard InChI is InChI=1S/C16H18N2O/c1-18(2)15-11-7-6-8-13(15)12-16(19)17-14-9-4-3-5-10-14/h3-11H,12H2,1-2H3,(H,17,19). The molecule has 98 valence electrons. The second kappa shape index (κ2) is 6.05. The van der Waals surface area contributed by atoms with Gasteiger partial charge in [0.2, 0.25) is 5.91 Å². The normalized spacial score (nSPS) is 10.0. The Morgan fingerprint density at radius 2 is 1.63 bits per heavy atom. The number of nitrogens with zero attached hydrogens (tertiary/aromatic N) is 1. The minimum Gasteiger partial charge on any atom is -0.377 e. The first-order valence-electron chi connectivity index (χ1n) is 6.27. The summed E-state index contributed by atoms with van der Waals surface area (Å²) in [6.07, 6.45) is 0.378. The van der Waals surface area contributed by atoms with Crippen molar-refractivity contribution < 1.29 is 4.79 Å². The van der Waals surface area contributed by atoms with Crippen molar-refractivity contribution in [3.05, 3.63) is 60.2 Å². The highest BCUT2D eigenvalue weighted by molar-refractivity contribution is 5.93. The van der Waals surface area contributed by atoms with Gasteiger partial charge in [-0.15, -0.1) is 0 Å². The lowest BCUT2D eigenvalue weighted by molar-refractivity contribution is -0.115. The smallest absolute Gasteiger partial charge is 0.228 e. The van der Waals surface area contributed by atoms with Crippen molar-refractivity contribution in [1.82, 2.24) is 0 Å². The number of nitrogens with one attached hydrogen (secondary N) is 1. The van der Waals surface area contributed by atoms with Gasteiger partial charge in [0.25, 0.3) is 0 Å². The fraction of sp³-hybridized carbons (Fsp3) is 0.188. The predicted octanol–water partition coefficient (Wildman–Crippen LogP) is 2.93. The van der Waals surface area contributed by atoms with Gasteiger partial charge in [-0.2, -0.15) is 0 Å². The molecule has 0 bridgehead atoms. The lowest BCUT2D eigenvalue weighted by Gasteiger charge is -2.17. The van der Waals surface area contributed by atoms with Crippen molar-refractivity contribution >= 4 is 17.3 Å². The number of benzene rings is 2. The quantitative estimate of drug-likeness (QED) is 0.909. The fourth-order valence-electron chi connectivity index (χ4n) is 2.00. The van der Waals surface area contributed by atoms with E-state index in [1.807, 2.05) is 73.6 Å². The first-order chi connectivity index (χ1) is 9.16. The molecule has 0 aliphatic rings. The fourth-order valence-corrected chi connectivity index (χ4v) is 2.00. The zero-order chi connectivity index (χ0) is 13.7. The highest BCUT2D eigenvalue weighted by Crippen LogP contribution is 2.19. The molecule has 0 aliphatic carbocycles. The van der Waals surface area contributed by atoms with Gasteiger partial charge in [-0.3, -0.25) is 4.79 Å². The Morgan fingerprint density at radius 1 is 1.00 bits per heavy atom. The number of carbonyl (C=O) groups excluding carboxylic acids is 1. The molecule has 0 radical (unpaired) electrons. The van der Waals surface area contributed by atoms with Gasteiger partial charge in [0, 0.05) is 25.5 Å². The van der Waals surface area contributed by atoms with Crippen molar-refractivity contribution in [2.24, 2.45) is 0 Å². The van der Waals surface area contributed by atoms with Crippen LogP contribution >= 0.6 is 0 Å². The van der Waals surface area contributed by atoms with Gasteiger partial charge in [0.15, 0.2) is 0 Å². The number of hydrogen-bond acceptors (Lipinski definition) is 2. The summed E-state index contributed by atoms with van der Waals surface area (Å²) in [6, 6.07) is 17.5. The molecule has 0 fully saturated rings. The molecule has 2 aromatic carbocycles. The van der Waals surface area contributed by atoms with Crippen LogP contribution in [0.4, 0.5) is 11.4 Å². The van der Waals surface area contributed by atoms with Crippen LogP contribution in [0.1, 0.15) is 5.56 Å². The maximum Gasteiger partial charge on any atom is 0.228 e. The van der Waals surface area contributed by atoms with Crippen LogP contribution < -0.4 is 10.2 Å². The zero-order valence-corrected chi connectivity index (χ0v) is 11.3. The maximum atomic E-state index is 12.0. The highest BCUT2D eigenvalue weighted by atomic mass is 16.1. The Hall–Kier alpha value is -2.29. The van der Waals surface area contributed by atoms with Crippen LogP contribution in [0.25, 0.3) is 0 Å². The lowest BCUT2D eigenvalue weighted by atomic mass is 10.1. The Kier molecular flexibility index (Phi) is 4.18. The molecular weight excluding hydrogens is 236 g/mol. The molecule has 0 spiro atoms. The van der Waals surface area contributed by atoms with E-state index in [-0.39, 0.29) is 5.91 Å². The van der Waals surface area contributed by atoms with E-state index >= 15 is 0 Å². The third kappa shape index (κ3) is 3.58. The third-order valence-electron chi connectivity index (χ3n) is 2.88. The molecule has 0 aromatic heterocycles. The first-order valence-corrected chi connectivity index (χ1v) is 6.27. The molecule has 1 amide bonds. The molecule has 2 rings (SSSR count). The maximum absolute atomic E-state index is 12.0. The topological polar surface area (TPSA) is 32.3 Å². The van der Waals surface area contributed by atoms with Gasteiger partial charge < -0.3 is 10.2 Å². The van der Waals surface area contributed by atoms with Crippen LogP contribution in [0.5, 0.6) is 0 Å². The molecule has 3 heteroatoms. The van der Waals surface area contributed by atoms with Crippen LogP contribution in [0.3, 0.4) is 0 Å². The number of amides is 1. The van der Waals surface area contributed by atoms with Crippen LogP contribution in [0.15, 0.2) is 54.6 Å². The molecule has 0 saturated carbocycles. The summed E-state index contributed by atoms with van der Waals surface area (Å²) in [5, 5.41) is 2.90. The number of hydrogen-bond donors (Lipinski definition) is 1. The minimum atomic E-state index is 0.000463. The molecule has 0 heterocycles. The minimum absolute atomic E-state index is 0.000463. The average Bonchev–Trinajstić information content (AvgIpc) is 2.40. The Bertz CT molecular complexity index is 550. The van der Waals surface area contributed by atoms with Gasteiger partial charge in [-0.1, -0.05) is 36.4 Å².